The van der Waals surface area contributed by atoms with Crippen LogP contribution in [0.1, 0.15) is 12.1 Å². The summed E-state index contributed by atoms with van der Waals surface area (Å²) in [5, 5.41) is 9.20. The van der Waals surface area contributed by atoms with E-state index in [-0.39, 0.29) is 12.4 Å². The van der Waals surface area contributed by atoms with E-state index in [1.165, 1.54) is 12.1 Å². The van der Waals surface area contributed by atoms with Crippen molar-refractivity contribution in [3.63, 3.8) is 0 Å². The molecule has 0 aliphatic carbocycles. The molecule has 4 heteroatoms. The zero-order valence-corrected chi connectivity index (χ0v) is 10.0. The smallest absolute Gasteiger partial charge is 0.140 e. The van der Waals surface area contributed by atoms with E-state index in [1.807, 2.05) is 6.20 Å². The summed E-state index contributed by atoms with van der Waals surface area (Å²) < 4.78 is 15.1. The van der Waals surface area contributed by atoms with Crippen LogP contribution in [0.15, 0.2) is 30.5 Å². The second-order valence-electron chi connectivity index (χ2n) is 4.77. The van der Waals surface area contributed by atoms with E-state index < -0.39 is 0 Å². The highest BCUT2D eigenvalue weighted by Gasteiger charge is 2.21. The third kappa shape index (κ3) is 1.93. The summed E-state index contributed by atoms with van der Waals surface area (Å²) in [7, 11) is 0. The maximum Gasteiger partial charge on any atom is 0.140 e. The molecule has 1 aromatic carbocycles. The van der Waals surface area contributed by atoms with Crippen molar-refractivity contribution in [2.24, 2.45) is 5.92 Å². The molecule has 2 heterocycles. The van der Waals surface area contributed by atoms with Gasteiger partial charge in [-0.2, -0.15) is 0 Å². The van der Waals surface area contributed by atoms with Crippen molar-refractivity contribution < 1.29 is 9.50 Å². The topological polar surface area (TPSA) is 38.0 Å². The first-order chi connectivity index (χ1) is 8.78. The molecule has 1 aliphatic rings. The summed E-state index contributed by atoms with van der Waals surface area (Å²) in [6, 6.07) is 6.42. The van der Waals surface area contributed by atoms with Gasteiger partial charge in [-0.3, -0.25) is 0 Å². The van der Waals surface area contributed by atoms with Gasteiger partial charge in [0.25, 0.3) is 0 Å². The zero-order valence-electron chi connectivity index (χ0n) is 10.0. The lowest BCUT2D eigenvalue weighted by Gasteiger charge is -2.23. The lowest BCUT2D eigenvalue weighted by molar-refractivity contribution is 0.201. The molecule has 0 bridgehead atoms. The number of hydrogen-bond acceptors (Lipinski definition) is 2. The van der Waals surface area contributed by atoms with E-state index >= 15 is 0 Å². The normalized spacial score (nSPS) is 18.7. The molecule has 1 N–H and O–H groups in total. The van der Waals surface area contributed by atoms with Gasteiger partial charge in [-0.15, -0.1) is 0 Å². The minimum absolute atomic E-state index is 0.232. The maximum atomic E-state index is 12.9. The van der Waals surface area contributed by atoms with Crippen molar-refractivity contribution in [3.8, 4) is 11.4 Å². The maximum absolute atomic E-state index is 12.9. The first-order valence-electron chi connectivity index (χ1n) is 6.19. The zero-order chi connectivity index (χ0) is 12.5. The van der Waals surface area contributed by atoms with Gasteiger partial charge in [-0.1, -0.05) is 0 Å². The number of halogens is 1. The number of nitrogens with zero attached hydrogens (tertiary/aromatic N) is 2. The summed E-state index contributed by atoms with van der Waals surface area (Å²) in [5.74, 6) is 1.00. The van der Waals surface area contributed by atoms with Crippen molar-refractivity contribution in [1.29, 1.82) is 0 Å². The number of aromatic nitrogens is 2. The number of rotatable bonds is 2. The second-order valence-corrected chi connectivity index (χ2v) is 4.77. The Morgan fingerprint density at radius 1 is 1.33 bits per heavy atom. The molecule has 0 fully saturated rings. The summed E-state index contributed by atoms with van der Waals surface area (Å²) in [6.07, 6.45) is 3.69. The van der Waals surface area contributed by atoms with E-state index in [2.05, 4.69) is 9.55 Å². The van der Waals surface area contributed by atoms with Crippen LogP contribution in [0, 0.1) is 11.7 Å². The molecule has 3 rings (SSSR count). The molecule has 18 heavy (non-hydrogen) atoms. The molecular formula is C14H15FN2O. The molecule has 1 aliphatic heterocycles. The summed E-state index contributed by atoms with van der Waals surface area (Å²) >= 11 is 0. The van der Waals surface area contributed by atoms with Gasteiger partial charge in [0.05, 0.1) is 0 Å². The summed E-state index contributed by atoms with van der Waals surface area (Å²) in [5.41, 5.74) is 2.09. The Kier molecular flexibility index (Phi) is 2.88. The molecule has 1 aromatic heterocycles. The lowest BCUT2D eigenvalue weighted by Crippen LogP contribution is -2.21. The predicted molar refractivity (Wildman–Crippen MR) is 66.5 cm³/mol. The van der Waals surface area contributed by atoms with Gasteiger partial charge >= 0.3 is 0 Å². The van der Waals surface area contributed by atoms with E-state index in [1.54, 1.807) is 12.1 Å². The van der Waals surface area contributed by atoms with Crippen molar-refractivity contribution in [2.75, 3.05) is 6.61 Å². The highest BCUT2D eigenvalue weighted by molar-refractivity contribution is 5.56. The molecular weight excluding hydrogens is 231 g/mol. The first kappa shape index (κ1) is 11.4. The SMILES string of the molecule is OCC1CCn2c(cnc2-c2ccc(F)cc2)C1. The third-order valence-corrected chi connectivity index (χ3v) is 3.56. The first-order valence-corrected chi connectivity index (χ1v) is 6.19. The van der Waals surface area contributed by atoms with E-state index in [4.69, 9.17) is 0 Å². The Bertz CT molecular complexity index is 547. The van der Waals surface area contributed by atoms with Crippen LogP contribution < -0.4 is 0 Å². The predicted octanol–water partition coefficient (Wildman–Crippen LogP) is 2.24. The highest BCUT2D eigenvalue weighted by Crippen LogP contribution is 2.26. The monoisotopic (exact) mass is 246 g/mol. The van der Waals surface area contributed by atoms with Gasteiger partial charge in [0.1, 0.15) is 11.6 Å². The van der Waals surface area contributed by atoms with E-state index in [9.17, 15) is 9.50 Å². The molecule has 0 amide bonds. The fraction of sp³-hybridized carbons (Fsp3) is 0.357. The molecule has 0 spiro atoms. The van der Waals surface area contributed by atoms with Crippen molar-refractivity contribution in [3.05, 3.63) is 42.0 Å². The van der Waals surface area contributed by atoms with Crippen LogP contribution in [0.4, 0.5) is 4.39 Å². The largest absolute Gasteiger partial charge is 0.396 e. The fourth-order valence-corrected chi connectivity index (χ4v) is 2.52. The molecule has 0 radical (unpaired) electrons. The second kappa shape index (κ2) is 4.53. The third-order valence-electron chi connectivity index (χ3n) is 3.56. The van der Waals surface area contributed by atoms with Crippen LogP contribution in [-0.2, 0) is 13.0 Å². The Morgan fingerprint density at radius 3 is 2.83 bits per heavy atom. The Morgan fingerprint density at radius 2 is 2.11 bits per heavy atom. The van der Waals surface area contributed by atoms with Gasteiger partial charge in [0.2, 0.25) is 0 Å². The Hall–Kier alpha value is -1.68. The number of aliphatic hydroxyl groups is 1. The minimum atomic E-state index is -0.232. The quantitative estimate of drug-likeness (QED) is 0.882. The molecule has 94 valence electrons. The average molecular weight is 246 g/mol. The number of hydrogen-bond donors (Lipinski definition) is 1. The van der Waals surface area contributed by atoms with Crippen molar-refractivity contribution >= 4 is 0 Å². The van der Waals surface area contributed by atoms with Gasteiger partial charge in [0.15, 0.2) is 0 Å². The number of aliphatic hydroxyl groups excluding tert-OH is 1. The van der Waals surface area contributed by atoms with Gasteiger partial charge < -0.3 is 9.67 Å². The average Bonchev–Trinajstić information content (AvgIpc) is 2.82. The molecule has 0 saturated carbocycles. The van der Waals surface area contributed by atoms with Crippen molar-refractivity contribution in [1.82, 2.24) is 9.55 Å². The molecule has 0 saturated heterocycles. The van der Waals surface area contributed by atoms with Gasteiger partial charge in [0, 0.05) is 30.6 Å². The summed E-state index contributed by atoms with van der Waals surface area (Å²) in [6.45, 7) is 1.10. The molecule has 3 nitrogen and oxygen atoms in total. The number of imidazole rings is 1. The van der Waals surface area contributed by atoms with Crippen molar-refractivity contribution in [2.45, 2.75) is 19.4 Å². The van der Waals surface area contributed by atoms with Crippen LogP contribution in [0.5, 0.6) is 0 Å². The number of benzene rings is 1. The van der Waals surface area contributed by atoms with Crippen LogP contribution >= 0.6 is 0 Å². The van der Waals surface area contributed by atoms with Crippen LogP contribution in [0.3, 0.4) is 0 Å². The standard InChI is InChI=1S/C14H15FN2O/c15-12-3-1-11(2-4-12)14-16-8-13-7-10(9-18)5-6-17(13)14/h1-4,8,10,18H,5-7,9H2. The van der Waals surface area contributed by atoms with Crippen LogP contribution in [-0.4, -0.2) is 21.3 Å². The highest BCUT2D eigenvalue weighted by atomic mass is 19.1. The van der Waals surface area contributed by atoms with Crippen LogP contribution in [0.2, 0.25) is 0 Å². The van der Waals surface area contributed by atoms with E-state index in [0.717, 1.165) is 36.5 Å². The fourth-order valence-electron chi connectivity index (χ4n) is 2.52. The van der Waals surface area contributed by atoms with Crippen LogP contribution in [0.25, 0.3) is 11.4 Å². The number of fused-ring (bicyclic) bond motifs is 1. The molecule has 1 atom stereocenters. The lowest BCUT2D eigenvalue weighted by atomic mass is 9.97. The molecule has 2 aromatic rings. The summed E-state index contributed by atoms with van der Waals surface area (Å²) in [4.78, 5) is 4.43. The Balaban J connectivity index is 1.96. The minimum Gasteiger partial charge on any atom is -0.396 e. The molecule has 1 unspecified atom stereocenters. The van der Waals surface area contributed by atoms with E-state index in [0.29, 0.717) is 5.92 Å². The van der Waals surface area contributed by atoms with Gasteiger partial charge in [-0.25, -0.2) is 9.37 Å². The Labute approximate surface area is 105 Å². The van der Waals surface area contributed by atoms with Gasteiger partial charge in [-0.05, 0) is 43.0 Å².